The van der Waals surface area contributed by atoms with Crippen LogP contribution in [0.1, 0.15) is 32.1 Å². The van der Waals surface area contributed by atoms with E-state index in [9.17, 15) is 8.42 Å². The highest BCUT2D eigenvalue weighted by molar-refractivity contribution is 8.01. The van der Waals surface area contributed by atoms with Crippen molar-refractivity contribution in [3.8, 4) is 0 Å². The molecule has 0 amide bonds. The van der Waals surface area contributed by atoms with Crippen LogP contribution in [-0.2, 0) is 10.0 Å². The van der Waals surface area contributed by atoms with Crippen molar-refractivity contribution in [2.24, 2.45) is 0 Å². The monoisotopic (exact) mass is 397 g/mol. The molecule has 134 valence electrons. The van der Waals surface area contributed by atoms with Crippen LogP contribution in [0.3, 0.4) is 0 Å². The Hall–Kier alpha value is -1.23. The molecule has 0 spiro atoms. The smallest absolute Gasteiger partial charge is 0.244 e. The van der Waals surface area contributed by atoms with Crippen molar-refractivity contribution in [3.05, 3.63) is 18.3 Å². The largest absolute Gasteiger partial charge is 0.357 e. The van der Waals surface area contributed by atoms with Crippen molar-refractivity contribution in [1.82, 2.24) is 19.5 Å². The summed E-state index contributed by atoms with van der Waals surface area (Å²) in [5.74, 6) is 0. The van der Waals surface area contributed by atoms with Gasteiger partial charge in [-0.25, -0.2) is 13.4 Å². The highest BCUT2D eigenvalue weighted by Gasteiger charge is 2.26. The predicted octanol–water partition coefficient (Wildman–Crippen LogP) is 2.83. The zero-order valence-electron chi connectivity index (χ0n) is 13.6. The first-order chi connectivity index (χ1) is 12.1. The molecular formula is C15H19N5O2S3. The second-order valence-electron chi connectivity index (χ2n) is 6.19. The summed E-state index contributed by atoms with van der Waals surface area (Å²) in [6, 6.07) is 3.91. The van der Waals surface area contributed by atoms with Crippen LogP contribution in [-0.4, -0.2) is 47.0 Å². The number of rotatable bonds is 6. The van der Waals surface area contributed by atoms with Gasteiger partial charge in [0, 0.05) is 25.3 Å². The summed E-state index contributed by atoms with van der Waals surface area (Å²) < 4.78 is 27.6. The lowest BCUT2D eigenvalue weighted by atomic mass is 10.2. The van der Waals surface area contributed by atoms with Crippen molar-refractivity contribution in [2.75, 3.05) is 18.4 Å². The Morgan fingerprint density at radius 3 is 2.64 bits per heavy atom. The molecule has 0 atom stereocenters. The Balaban J connectivity index is 1.43. The van der Waals surface area contributed by atoms with E-state index in [1.165, 1.54) is 42.1 Å². The fourth-order valence-corrected chi connectivity index (χ4v) is 5.81. The maximum atomic E-state index is 12.6. The minimum atomic E-state index is -3.43. The highest BCUT2D eigenvalue weighted by atomic mass is 32.2. The Morgan fingerprint density at radius 1 is 1.16 bits per heavy atom. The normalized spacial score (nSPS) is 19.0. The number of nitrogens with one attached hydrogen (secondary N) is 1. The number of pyridine rings is 1. The maximum absolute atomic E-state index is 12.6. The molecule has 4 rings (SSSR count). The van der Waals surface area contributed by atoms with Gasteiger partial charge < -0.3 is 5.32 Å². The predicted molar refractivity (Wildman–Crippen MR) is 97.5 cm³/mol. The van der Waals surface area contributed by atoms with Gasteiger partial charge in [-0.15, -0.1) is 10.2 Å². The van der Waals surface area contributed by atoms with Gasteiger partial charge in [0.15, 0.2) is 4.34 Å². The minimum Gasteiger partial charge on any atom is -0.357 e. The molecule has 2 aromatic heterocycles. The summed E-state index contributed by atoms with van der Waals surface area (Å²) in [6.45, 7) is 1.20. The van der Waals surface area contributed by atoms with Gasteiger partial charge >= 0.3 is 0 Å². The molecule has 2 aromatic rings. The SMILES string of the molecule is O=S(=O)(c1ccc(Sc2nnc(NC3CC3)s2)nc1)N1CCCCC1. The zero-order chi connectivity index (χ0) is 17.3. The molecule has 1 N–H and O–H groups in total. The lowest BCUT2D eigenvalue weighted by Crippen LogP contribution is -2.35. The van der Waals surface area contributed by atoms with Gasteiger partial charge in [0.1, 0.15) is 9.92 Å². The number of aromatic nitrogens is 3. The minimum absolute atomic E-state index is 0.257. The molecule has 3 heterocycles. The van der Waals surface area contributed by atoms with Gasteiger partial charge in [0.25, 0.3) is 0 Å². The lowest BCUT2D eigenvalue weighted by Gasteiger charge is -2.25. The standard InChI is InChI=1S/C15H19N5O2S3/c21-25(22,20-8-2-1-3-9-20)12-6-7-13(16-10-12)23-15-19-18-14(24-15)17-11-4-5-11/h6-7,10-11H,1-5,8-9H2,(H,17,18). The molecule has 7 nitrogen and oxygen atoms in total. The number of piperidine rings is 1. The second kappa shape index (κ2) is 7.18. The summed E-state index contributed by atoms with van der Waals surface area (Å²) in [5, 5.41) is 13.1. The van der Waals surface area contributed by atoms with E-state index in [1.807, 2.05) is 0 Å². The third kappa shape index (κ3) is 4.13. The van der Waals surface area contributed by atoms with Crippen LogP contribution in [0.5, 0.6) is 0 Å². The fraction of sp³-hybridized carbons (Fsp3) is 0.533. The highest BCUT2D eigenvalue weighted by Crippen LogP contribution is 2.33. The Kier molecular flexibility index (Phi) is 4.94. The molecule has 0 aromatic carbocycles. The van der Waals surface area contributed by atoms with E-state index in [4.69, 9.17) is 0 Å². The molecule has 0 radical (unpaired) electrons. The van der Waals surface area contributed by atoms with Gasteiger partial charge in [-0.3, -0.25) is 0 Å². The van der Waals surface area contributed by atoms with Crippen molar-refractivity contribution in [2.45, 2.75) is 52.4 Å². The first-order valence-electron chi connectivity index (χ1n) is 8.35. The van der Waals surface area contributed by atoms with Gasteiger partial charge in [-0.1, -0.05) is 17.8 Å². The Morgan fingerprint density at radius 2 is 1.96 bits per heavy atom. The van der Waals surface area contributed by atoms with Crippen LogP contribution in [0.4, 0.5) is 5.13 Å². The molecule has 2 aliphatic rings. The van der Waals surface area contributed by atoms with Crippen LogP contribution in [0.15, 0.2) is 32.6 Å². The molecule has 0 unspecified atom stereocenters. The number of nitrogens with zero attached hydrogens (tertiary/aromatic N) is 4. The summed E-state index contributed by atoms with van der Waals surface area (Å²) in [4.78, 5) is 4.55. The third-order valence-electron chi connectivity index (χ3n) is 4.17. The van der Waals surface area contributed by atoms with Gasteiger partial charge in [-0.2, -0.15) is 4.31 Å². The summed E-state index contributed by atoms with van der Waals surface area (Å²) in [7, 11) is -3.43. The van der Waals surface area contributed by atoms with Crippen LogP contribution < -0.4 is 5.32 Å². The average molecular weight is 398 g/mol. The number of hydrogen-bond acceptors (Lipinski definition) is 8. The van der Waals surface area contributed by atoms with Gasteiger partial charge in [0.2, 0.25) is 15.2 Å². The first kappa shape index (κ1) is 17.2. The second-order valence-corrected chi connectivity index (χ2v) is 10.4. The Labute approximate surface area is 155 Å². The van der Waals surface area contributed by atoms with Crippen LogP contribution in [0, 0.1) is 0 Å². The summed E-state index contributed by atoms with van der Waals surface area (Å²) in [5.41, 5.74) is 0. The third-order valence-corrected chi connectivity index (χ3v) is 7.90. The van der Waals surface area contributed by atoms with E-state index < -0.39 is 10.0 Å². The Bertz CT molecular complexity index is 827. The molecule has 1 aliphatic carbocycles. The van der Waals surface area contributed by atoms with E-state index in [0.717, 1.165) is 28.7 Å². The van der Waals surface area contributed by atoms with Crippen LogP contribution in [0.25, 0.3) is 0 Å². The van der Waals surface area contributed by atoms with E-state index in [1.54, 1.807) is 16.4 Å². The summed E-state index contributed by atoms with van der Waals surface area (Å²) in [6.07, 6.45) is 6.77. The quantitative estimate of drug-likeness (QED) is 0.802. The summed E-state index contributed by atoms with van der Waals surface area (Å²) >= 11 is 2.89. The molecule has 1 saturated carbocycles. The number of hydrogen-bond donors (Lipinski definition) is 1. The van der Waals surface area contributed by atoms with Gasteiger partial charge in [0.05, 0.1) is 0 Å². The fourth-order valence-electron chi connectivity index (χ4n) is 2.64. The maximum Gasteiger partial charge on any atom is 0.244 e. The van der Waals surface area contributed by atoms with Crippen molar-refractivity contribution in [3.63, 3.8) is 0 Å². The molecule has 10 heteroatoms. The van der Waals surface area contributed by atoms with E-state index in [2.05, 4.69) is 20.5 Å². The number of anilines is 1. The molecule has 1 aliphatic heterocycles. The van der Waals surface area contributed by atoms with Crippen molar-refractivity contribution in [1.29, 1.82) is 0 Å². The number of sulfonamides is 1. The zero-order valence-corrected chi connectivity index (χ0v) is 16.0. The molecule has 25 heavy (non-hydrogen) atoms. The van der Waals surface area contributed by atoms with Crippen LogP contribution in [0.2, 0.25) is 0 Å². The first-order valence-corrected chi connectivity index (χ1v) is 11.4. The average Bonchev–Trinajstić information content (AvgIpc) is 3.34. The van der Waals surface area contributed by atoms with E-state index in [0.29, 0.717) is 24.2 Å². The molecule has 2 fully saturated rings. The lowest BCUT2D eigenvalue weighted by molar-refractivity contribution is 0.346. The molecule has 1 saturated heterocycles. The van der Waals surface area contributed by atoms with E-state index >= 15 is 0 Å². The molecular weight excluding hydrogens is 378 g/mol. The molecule has 0 bridgehead atoms. The van der Waals surface area contributed by atoms with Crippen molar-refractivity contribution >= 4 is 38.3 Å². The van der Waals surface area contributed by atoms with Crippen LogP contribution >= 0.6 is 23.1 Å². The topological polar surface area (TPSA) is 88.1 Å². The van der Waals surface area contributed by atoms with Gasteiger partial charge in [-0.05, 0) is 49.6 Å². The van der Waals surface area contributed by atoms with Crippen molar-refractivity contribution < 1.29 is 8.42 Å². The van der Waals surface area contributed by atoms with E-state index in [-0.39, 0.29) is 4.90 Å².